The zero-order valence-electron chi connectivity index (χ0n) is 11.1. The summed E-state index contributed by atoms with van der Waals surface area (Å²) in [6.07, 6.45) is 0. The monoisotopic (exact) mass is 370 g/mol. The van der Waals surface area contributed by atoms with Crippen LogP contribution in [0.4, 0.5) is 11.4 Å². The molecule has 0 amide bonds. The summed E-state index contributed by atoms with van der Waals surface area (Å²) >= 11 is 9.29. The van der Waals surface area contributed by atoms with E-state index in [1.54, 1.807) is 13.2 Å². The van der Waals surface area contributed by atoms with Gasteiger partial charge in [0.1, 0.15) is 10.8 Å². The topological polar surface area (TPSA) is 64.4 Å². The fourth-order valence-corrected chi connectivity index (χ4v) is 2.51. The van der Waals surface area contributed by atoms with E-state index in [9.17, 15) is 10.1 Å². The van der Waals surface area contributed by atoms with Crippen LogP contribution in [-0.2, 0) is 6.54 Å². The molecule has 0 radical (unpaired) electrons. The Hall–Kier alpha value is -1.79. The van der Waals surface area contributed by atoms with Crippen molar-refractivity contribution in [2.45, 2.75) is 6.54 Å². The molecule has 0 saturated heterocycles. The van der Waals surface area contributed by atoms with Crippen molar-refractivity contribution in [2.24, 2.45) is 0 Å². The van der Waals surface area contributed by atoms with Crippen LogP contribution in [-0.4, -0.2) is 12.0 Å². The van der Waals surface area contributed by atoms with E-state index in [1.807, 2.05) is 18.2 Å². The Morgan fingerprint density at radius 3 is 2.71 bits per heavy atom. The van der Waals surface area contributed by atoms with Crippen molar-refractivity contribution in [2.75, 3.05) is 12.4 Å². The van der Waals surface area contributed by atoms with E-state index in [-0.39, 0.29) is 10.7 Å². The quantitative estimate of drug-likeness (QED) is 0.614. The number of anilines is 1. The molecule has 0 aromatic heterocycles. The average Bonchev–Trinajstić information content (AvgIpc) is 2.45. The molecule has 1 N–H and O–H groups in total. The van der Waals surface area contributed by atoms with Crippen molar-refractivity contribution in [1.29, 1.82) is 0 Å². The number of nitrogens with one attached hydrogen (secondary N) is 1. The summed E-state index contributed by atoms with van der Waals surface area (Å²) in [7, 11) is 1.61. The minimum Gasteiger partial charge on any atom is -0.496 e. The second-order valence-electron chi connectivity index (χ2n) is 4.23. The maximum Gasteiger partial charge on any atom is 0.288 e. The summed E-state index contributed by atoms with van der Waals surface area (Å²) in [4.78, 5) is 10.2. The minimum absolute atomic E-state index is 0.103. The maximum atomic E-state index is 10.7. The molecule has 2 aromatic rings. The van der Waals surface area contributed by atoms with E-state index in [0.717, 1.165) is 15.8 Å². The van der Waals surface area contributed by atoms with Gasteiger partial charge in [0.05, 0.1) is 12.0 Å². The van der Waals surface area contributed by atoms with E-state index >= 15 is 0 Å². The summed E-state index contributed by atoms with van der Waals surface area (Å²) in [6.45, 7) is 0.511. The van der Waals surface area contributed by atoms with Gasteiger partial charge in [0.2, 0.25) is 0 Å². The third-order valence-corrected chi connectivity index (χ3v) is 3.67. The lowest BCUT2D eigenvalue weighted by atomic mass is 10.2. The van der Waals surface area contributed by atoms with Gasteiger partial charge in [-0.2, -0.15) is 0 Å². The number of nitro groups is 1. The van der Waals surface area contributed by atoms with Gasteiger partial charge in [-0.25, -0.2) is 0 Å². The van der Waals surface area contributed by atoms with Crippen molar-refractivity contribution in [3.05, 3.63) is 61.6 Å². The molecule has 7 heteroatoms. The smallest absolute Gasteiger partial charge is 0.288 e. The largest absolute Gasteiger partial charge is 0.496 e. The standard InChI is InChI=1S/C14H12BrClN2O3/c1-21-14-5-2-10(15)6-9(14)8-17-11-3-4-13(18(19)20)12(16)7-11/h2-7,17H,8H2,1H3. The predicted molar refractivity (Wildman–Crippen MR) is 86.1 cm³/mol. The van der Waals surface area contributed by atoms with Crippen LogP contribution in [0.2, 0.25) is 5.02 Å². The van der Waals surface area contributed by atoms with Gasteiger partial charge in [-0.15, -0.1) is 0 Å². The molecule has 2 aromatic carbocycles. The summed E-state index contributed by atoms with van der Waals surface area (Å²) in [5.41, 5.74) is 1.55. The molecule has 0 aliphatic heterocycles. The van der Waals surface area contributed by atoms with E-state index in [4.69, 9.17) is 16.3 Å². The number of hydrogen-bond donors (Lipinski definition) is 1. The highest BCUT2D eigenvalue weighted by atomic mass is 79.9. The van der Waals surface area contributed by atoms with Gasteiger partial charge in [0, 0.05) is 28.3 Å². The first-order valence-corrected chi connectivity index (χ1v) is 7.18. The highest BCUT2D eigenvalue weighted by Gasteiger charge is 2.12. The summed E-state index contributed by atoms with van der Waals surface area (Å²) in [5.74, 6) is 0.763. The summed E-state index contributed by atoms with van der Waals surface area (Å²) < 4.78 is 6.23. The molecule has 0 saturated carbocycles. The highest BCUT2D eigenvalue weighted by Crippen LogP contribution is 2.28. The van der Waals surface area contributed by atoms with Crippen LogP contribution in [0.15, 0.2) is 40.9 Å². The minimum atomic E-state index is -0.510. The Bertz CT molecular complexity index is 679. The van der Waals surface area contributed by atoms with Gasteiger partial charge < -0.3 is 10.1 Å². The van der Waals surface area contributed by atoms with E-state index in [1.165, 1.54) is 12.1 Å². The maximum absolute atomic E-state index is 10.7. The van der Waals surface area contributed by atoms with Gasteiger partial charge >= 0.3 is 0 Å². The van der Waals surface area contributed by atoms with Crippen molar-refractivity contribution < 1.29 is 9.66 Å². The van der Waals surface area contributed by atoms with Crippen molar-refractivity contribution in [1.82, 2.24) is 0 Å². The number of nitrogens with zero attached hydrogens (tertiary/aromatic N) is 1. The molecule has 5 nitrogen and oxygen atoms in total. The van der Waals surface area contributed by atoms with Gasteiger partial charge in [0.25, 0.3) is 5.69 Å². The van der Waals surface area contributed by atoms with Crippen LogP contribution in [0, 0.1) is 10.1 Å². The molecule has 0 aliphatic rings. The third kappa shape index (κ3) is 3.86. The molecule has 0 spiro atoms. The lowest BCUT2D eigenvalue weighted by Crippen LogP contribution is -2.02. The highest BCUT2D eigenvalue weighted by molar-refractivity contribution is 9.10. The molecule has 110 valence electrons. The summed E-state index contributed by atoms with van der Waals surface area (Å²) in [5, 5.41) is 14.0. The number of nitro benzene ring substituents is 1. The molecule has 0 unspecified atom stereocenters. The van der Waals surface area contributed by atoms with Crippen LogP contribution in [0.1, 0.15) is 5.56 Å². The van der Waals surface area contributed by atoms with Crippen LogP contribution >= 0.6 is 27.5 Å². The first-order chi connectivity index (χ1) is 10.0. The van der Waals surface area contributed by atoms with Crippen molar-refractivity contribution >= 4 is 38.9 Å². The Balaban J connectivity index is 2.15. The number of rotatable bonds is 5. The van der Waals surface area contributed by atoms with Gasteiger partial charge in [-0.3, -0.25) is 10.1 Å². The fourth-order valence-electron chi connectivity index (χ4n) is 1.85. The van der Waals surface area contributed by atoms with Crippen LogP contribution in [0.25, 0.3) is 0 Å². The number of hydrogen-bond acceptors (Lipinski definition) is 4. The lowest BCUT2D eigenvalue weighted by molar-refractivity contribution is -0.384. The summed E-state index contributed by atoms with van der Waals surface area (Å²) in [6, 6.07) is 10.2. The molecule has 21 heavy (non-hydrogen) atoms. The molecule has 0 aliphatic carbocycles. The second kappa shape index (κ2) is 6.78. The van der Waals surface area contributed by atoms with Crippen LogP contribution in [0.5, 0.6) is 5.75 Å². The molecule has 0 fully saturated rings. The van der Waals surface area contributed by atoms with Crippen LogP contribution in [0.3, 0.4) is 0 Å². The van der Waals surface area contributed by atoms with Gasteiger partial charge in [-0.1, -0.05) is 27.5 Å². The van der Waals surface area contributed by atoms with E-state index < -0.39 is 4.92 Å². The van der Waals surface area contributed by atoms with Gasteiger partial charge in [-0.05, 0) is 30.3 Å². The zero-order chi connectivity index (χ0) is 15.4. The Morgan fingerprint density at radius 1 is 1.33 bits per heavy atom. The molecule has 0 atom stereocenters. The van der Waals surface area contributed by atoms with Crippen molar-refractivity contribution in [3.63, 3.8) is 0 Å². The van der Waals surface area contributed by atoms with Crippen LogP contribution < -0.4 is 10.1 Å². The normalized spacial score (nSPS) is 10.2. The first kappa shape index (κ1) is 15.6. The number of ether oxygens (including phenoxy) is 1. The third-order valence-electron chi connectivity index (χ3n) is 2.87. The number of methoxy groups -OCH3 is 1. The second-order valence-corrected chi connectivity index (χ2v) is 5.56. The molecular formula is C14H12BrClN2O3. The molecular weight excluding hydrogens is 360 g/mol. The molecule has 0 bridgehead atoms. The van der Waals surface area contributed by atoms with Gasteiger partial charge in [0.15, 0.2) is 0 Å². The number of benzene rings is 2. The Kier molecular flexibility index (Phi) is 5.03. The van der Waals surface area contributed by atoms with Crippen molar-refractivity contribution in [3.8, 4) is 5.75 Å². The van der Waals surface area contributed by atoms with E-state index in [2.05, 4.69) is 21.2 Å². The molecule has 2 rings (SSSR count). The Morgan fingerprint density at radius 2 is 2.10 bits per heavy atom. The fraction of sp³-hybridized carbons (Fsp3) is 0.143. The Labute approximate surface area is 135 Å². The zero-order valence-corrected chi connectivity index (χ0v) is 13.4. The SMILES string of the molecule is COc1ccc(Br)cc1CNc1ccc([N+](=O)[O-])c(Cl)c1. The number of halogens is 2. The predicted octanol–water partition coefficient (Wildman–Crippen LogP) is 4.63. The average molecular weight is 372 g/mol. The molecule has 0 heterocycles. The van der Waals surface area contributed by atoms with E-state index in [0.29, 0.717) is 12.2 Å². The first-order valence-electron chi connectivity index (χ1n) is 6.01. The lowest BCUT2D eigenvalue weighted by Gasteiger charge is -2.11.